The standard InChI is InChI=1S/C17H35NO/c1-3-5-6-7-8-9-12-17(18-13-4-2)16-11-10-14-19-15-16/h16-18H,3-15H2,1-2H3. The van der Waals surface area contributed by atoms with Gasteiger partial charge in [-0.25, -0.2) is 0 Å². The Bertz CT molecular complexity index is 190. The molecule has 2 heteroatoms. The van der Waals surface area contributed by atoms with Crippen LogP contribution in [0.15, 0.2) is 0 Å². The van der Waals surface area contributed by atoms with E-state index in [0.29, 0.717) is 6.04 Å². The SMILES string of the molecule is CCCCCCCCC(NCCC)C1CCCOC1. The van der Waals surface area contributed by atoms with Gasteiger partial charge in [-0.05, 0) is 38.1 Å². The van der Waals surface area contributed by atoms with Gasteiger partial charge in [0.25, 0.3) is 0 Å². The van der Waals surface area contributed by atoms with E-state index in [-0.39, 0.29) is 0 Å². The molecule has 0 aromatic carbocycles. The van der Waals surface area contributed by atoms with Crippen LogP contribution in [0.25, 0.3) is 0 Å². The van der Waals surface area contributed by atoms with Gasteiger partial charge in [0.15, 0.2) is 0 Å². The first-order chi connectivity index (χ1) is 9.38. The second-order valence-corrected chi connectivity index (χ2v) is 6.09. The van der Waals surface area contributed by atoms with Gasteiger partial charge in [-0.15, -0.1) is 0 Å². The fourth-order valence-electron chi connectivity index (χ4n) is 3.06. The number of nitrogens with one attached hydrogen (secondary N) is 1. The molecule has 2 atom stereocenters. The van der Waals surface area contributed by atoms with Gasteiger partial charge in [-0.1, -0.05) is 52.4 Å². The van der Waals surface area contributed by atoms with Crippen molar-refractivity contribution < 1.29 is 4.74 Å². The number of hydrogen-bond acceptors (Lipinski definition) is 2. The van der Waals surface area contributed by atoms with E-state index in [1.54, 1.807) is 0 Å². The number of unbranched alkanes of at least 4 members (excludes halogenated alkanes) is 5. The molecule has 114 valence electrons. The molecule has 0 bridgehead atoms. The maximum atomic E-state index is 5.66. The highest BCUT2D eigenvalue weighted by atomic mass is 16.5. The van der Waals surface area contributed by atoms with Crippen LogP contribution in [-0.2, 0) is 4.74 Å². The third kappa shape index (κ3) is 7.94. The van der Waals surface area contributed by atoms with E-state index >= 15 is 0 Å². The molecular weight excluding hydrogens is 234 g/mol. The zero-order chi connectivity index (χ0) is 13.8. The predicted octanol–water partition coefficient (Wildman–Crippen LogP) is 4.53. The summed E-state index contributed by atoms with van der Waals surface area (Å²) in [4.78, 5) is 0. The number of ether oxygens (including phenoxy) is 1. The van der Waals surface area contributed by atoms with Crippen LogP contribution in [0.1, 0.15) is 78.1 Å². The molecule has 19 heavy (non-hydrogen) atoms. The molecule has 1 N–H and O–H groups in total. The minimum absolute atomic E-state index is 0.700. The van der Waals surface area contributed by atoms with E-state index < -0.39 is 0 Å². The van der Waals surface area contributed by atoms with Crippen LogP contribution in [0, 0.1) is 5.92 Å². The molecule has 1 heterocycles. The molecule has 1 fully saturated rings. The van der Waals surface area contributed by atoms with Crippen LogP contribution in [0.2, 0.25) is 0 Å². The lowest BCUT2D eigenvalue weighted by Gasteiger charge is -2.31. The highest BCUT2D eigenvalue weighted by Crippen LogP contribution is 2.21. The van der Waals surface area contributed by atoms with Gasteiger partial charge in [0.1, 0.15) is 0 Å². The van der Waals surface area contributed by atoms with Gasteiger partial charge in [0.05, 0.1) is 6.61 Å². The topological polar surface area (TPSA) is 21.3 Å². The van der Waals surface area contributed by atoms with Crippen LogP contribution in [0.5, 0.6) is 0 Å². The summed E-state index contributed by atoms with van der Waals surface area (Å²) in [7, 11) is 0. The maximum Gasteiger partial charge on any atom is 0.0509 e. The Morgan fingerprint density at radius 3 is 2.53 bits per heavy atom. The highest BCUT2D eigenvalue weighted by molar-refractivity contribution is 4.78. The predicted molar refractivity (Wildman–Crippen MR) is 83.6 cm³/mol. The van der Waals surface area contributed by atoms with Crippen LogP contribution in [-0.4, -0.2) is 25.8 Å². The quantitative estimate of drug-likeness (QED) is 0.556. The van der Waals surface area contributed by atoms with E-state index in [1.165, 1.54) is 64.2 Å². The molecule has 1 aliphatic heterocycles. The fourth-order valence-corrected chi connectivity index (χ4v) is 3.06. The minimum Gasteiger partial charge on any atom is -0.381 e. The molecule has 0 aromatic heterocycles. The van der Waals surface area contributed by atoms with E-state index in [0.717, 1.165) is 25.7 Å². The van der Waals surface area contributed by atoms with Crippen molar-refractivity contribution in [3.8, 4) is 0 Å². The van der Waals surface area contributed by atoms with Gasteiger partial charge in [0.2, 0.25) is 0 Å². The van der Waals surface area contributed by atoms with E-state index in [2.05, 4.69) is 19.2 Å². The van der Waals surface area contributed by atoms with Gasteiger partial charge in [-0.3, -0.25) is 0 Å². The zero-order valence-corrected chi connectivity index (χ0v) is 13.3. The van der Waals surface area contributed by atoms with Crippen molar-refractivity contribution in [3.05, 3.63) is 0 Å². The summed E-state index contributed by atoms with van der Waals surface area (Å²) in [5, 5.41) is 3.76. The molecule has 1 rings (SSSR count). The van der Waals surface area contributed by atoms with Crippen molar-refractivity contribution in [2.75, 3.05) is 19.8 Å². The Labute approximate surface area is 120 Å². The second-order valence-electron chi connectivity index (χ2n) is 6.09. The van der Waals surface area contributed by atoms with Crippen LogP contribution >= 0.6 is 0 Å². The molecule has 0 radical (unpaired) electrons. The molecule has 2 unspecified atom stereocenters. The summed E-state index contributed by atoms with van der Waals surface area (Å²) < 4.78 is 5.66. The van der Waals surface area contributed by atoms with Crippen molar-refractivity contribution in [2.24, 2.45) is 5.92 Å². The van der Waals surface area contributed by atoms with Crippen LogP contribution in [0.3, 0.4) is 0 Å². The lowest BCUT2D eigenvalue weighted by molar-refractivity contribution is 0.0375. The summed E-state index contributed by atoms with van der Waals surface area (Å²) in [6.07, 6.45) is 13.6. The average Bonchev–Trinajstić information content (AvgIpc) is 2.46. The average molecular weight is 269 g/mol. The number of rotatable bonds is 11. The summed E-state index contributed by atoms with van der Waals surface area (Å²) >= 11 is 0. The minimum atomic E-state index is 0.700. The third-order valence-electron chi connectivity index (χ3n) is 4.29. The summed E-state index contributed by atoms with van der Waals surface area (Å²) in [5.41, 5.74) is 0. The summed E-state index contributed by atoms with van der Waals surface area (Å²) in [5.74, 6) is 0.760. The first-order valence-corrected chi connectivity index (χ1v) is 8.69. The lowest BCUT2D eigenvalue weighted by Crippen LogP contribution is -2.40. The largest absolute Gasteiger partial charge is 0.381 e. The van der Waals surface area contributed by atoms with Crippen LogP contribution in [0.4, 0.5) is 0 Å². The van der Waals surface area contributed by atoms with E-state index in [4.69, 9.17) is 4.74 Å². The zero-order valence-electron chi connectivity index (χ0n) is 13.3. The molecule has 0 aliphatic carbocycles. The van der Waals surface area contributed by atoms with E-state index in [1.807, 2.05) is 0 Å². The van der Waals surface area contributed by atoms with E-state index in [9.17, 15) is 0 Å². The third-order valence-corrected chi connectivity index (χ3v) is 4.29. The fraction of sp³-hybridized carbons (Fsp3) is 1.00. The highest BCUT2D eigenvalue weighted by Gasteiger charge is 2.23. The Morgan fingerprint density at radius 1 is 1.05 bits per heavy atom. The Hall–Kier alpha value is -0.0800. The maximum absolute atomic E-state index is 5.66. The molecule has 1 aliphatic rings. The van der Waals surface area contributed by atoms with Gasteiger partial charge in [0, 0.05) is 12.6 Å². The molecule has 0 amide bonds. The molecular formula is C17H35NO. The van der Waals surface area contributed by atoms with Crippen molar-refractivity contribution in [1.82, 2.24) is 5.32 Å². The van der Waals surface area contributed by atoms with Gasteiger partial charge in [-0.2, -0.15) is 0 Å². The van der Waals surface area contributed by atoms with Gasteiger partial charge < -0.3 is 10.1 Å². The van der Waals surface area contributed by atoms with Crippen molar-refractivity contribution in [1.29, 1.82) is 0 Å². The van der Waals surface area contributed by atoms with Crippen molar-refractivity contribution >= 4 is 0 Å². The number of hydrogen-bond donors (Lipinski definition) is 1. The van der Waals surface area contributed by atoms with Crippen molar-refractivity contribution in [3.63, 3.8) is 0 Å². The molecule has 2 nitrogen and oxygen atoms in total. The molecule has 0 aromatic rings. The molecule has 0 saturated carbocycles. The molecule has 0 spiro atoms. The second kappa shape index (κ2) is 11.7. The summed E-state index contributed by atoms with van der Waals surface area (Å²) in [6.45, 7) is 7.67. The Morgan fingerprint density at radius 2 is 1.84 bits per heavy atom. The normalized spacial score (nSPS) is 21.5. The monoisotopic (exact) mass is 269 g/mol. The lowest BCUT2D eigenvalue weighted by atomic mass is 9.89. The van der Waals surface area contributed by atoms with Gasteiger partial charge >= 0.3 is 0 Å². The van der Waals surface area contributed by atoms with Crippen molar-refractivity contribution in [2.45, 2.75) is 84.1 Å². The first-order valence-electron chi connectivity index (χ1n) is 8.69. The first kappa shape index (κ1) is 17.0. The summed E-state index contributed by atoms with van der Waals surface area (Å²) in [6, 6.07) is 0.700. The molecule has 1 saturated heterocycles. The Balaban J connectivity index is 2.16. The van der Waals surface area contributed by atoms with Crippen LogP contribution < -0.4 is 5.32 Å². The smallest absolute Gasteiger partial charge is 0.0509 e. The Kier molecular flexibility index (Phi) is 10.5.